The van der Waals surface area contributed by atoms with Crippen LogP contribution >= 0.6 is 0 Å². The number of benzene rings is 8. The van der Waals surface area contributed by atoms with Gasteiger partial charge in [-0.15, -0.1) is 0 Å². The molecule has 0 radical (unpaired) electrons. The fraction of sp³-hybridized carbons (Fsp3) is 0.0800. The molecule has 1 aliphatic carbocycles. The number of aryl methyl sites for hydroxylation is 1. The van der Waals surface area contributed by atoms with Gasteiger partial charge in [0.15, 0.2) is 0 Å². The van der Waals surface area contributed by atoms with E-state index in [0.29, 0.717) is 0 Å². The first-order valence-electron chi connectivity index (χ1n) is 18.2. The molecule has 10 rings (SSSR count). The van der Waals surface area contributed by atoms with E-state index in [2.05, 4.69) is 189 Å². The average Bonchev–Trinajstić information content (AvgIpc) is 3.63. The van der Waals surface area contributed by atoms with Crippen molar-refractivity contribution in [3.05, 3.63) is 175 Å². The van der Waals surface area contributed by atoms with Gasteiger partial charge in [-0.1, -0.05) is 110 Å². The number of rotatable bonds is 6. The van der Waals surface area contributed by atoms with Crippen molar-refractivity contribution in [2.45, 2.75) is 26.7 Å². The molecular weight excluding hydrogens is 631 g/mol. The van der Waals surface area contributed by atoms with E-state index >= 15 is 0 Å². The second kappa shape index (κ2) is 11.9. The summed E-state index contributed by atoms with van der Waals surface area (Å²) < 4.78 is 6.48. The number of fused-ring (bicyclic) bond motifs is 7. The van der Waals surface area contributed by atoms with Crippen LogP contribution in [0.4, 0.5) is 17.1 Å². The maximum atomic E-state index is 6.48. The lowest BCUT2D eigenvalue weighted by molar-refractivity contribution is 0.522. The third-order valence-corrected chi connectivity index (χ3v) is 10.7. The van der Waals surface area contributed by atoms with Gasteiger partial charge in [0.05, 0.1) is 5.69 Å². The lowest BCUT2D eigenvalue weighted by Gasteiger charge is -2.30. The molecule has 9 aromatic rings. The third-order valence-electron chi connectivity index (χ3n) is 10.7. The van der Waals surface area contributed by atoms with Crippen LogP contribution in [0, 0.1) is 6.92 Å². The molecular formula is C50H37NO. The van der Waals surface area contributed by atoms with Gasteiger partial charge in [-0.25, -0.2) is 0 Å². The quantitative estimate of drug-likeness (QED) is 0.175. The molecule has 8 aromatic carbocycles. The van der Waals surface area contributed by atoms with Crippen molar-refractivity contribution in [3.8, 4) is 44.5 Å². The van der Waals surface area contributed by atoms with Crippen molar-refractivity contribution >= 4 is 49.6 Å². The van der Waals surface area contributed by atoms with E-state index in [9.17, 15) is 0 Å². The molecule has 1 aromatic heterocycles. The van der Waals surface area contributed by atoms with Crippen LogP contribution in [0.2, 0.25) is 0 Å². The van der Waals surface area contributed by atoms with Gasteiger partial charge in [0.25, 0.3) is 0 Å². The third kappa shape index (κ3) is 4.94. The summed E-state index contributed by atoms with van der Waals surface area (Å²) in [5, 5.41) is 6.12. The van der Waals surface area contributed by atoms with E-state index in [0.717, 1.165) is 39.4 Å². The van der Waals surface area contributed by atoms with Gasteiger partial charge in [-0.05, 0) is 140 Å². The minimum atomic E-state index is 0.275. The van der Waals surface area contributed by atoms with Gasteiger partial charge in [-0.2, -0.15) is 0 Å². The number of nitrogens with zero attached hydrogens (tertiary/aromatic N) is 1. The second-order valence-corrected chi connectivity index (χ2v) is 14.5. The minimum absolute atomic E-state index is 0.275. The summed E-state index contributed by atoms with van der Waals surface area (Å²) >= 11 is 0. The molecule has 2 nitrogen and oxygen atoms in total. The summed E-state index contributed by atoms with van der Waals surface area (Å²) in [6.07, 6.45) is 0. The number of furan rings is 1. The zero-order valence-corrected chi connectivity index (χ0v) is 29.5. The van der Waals surface area contributed by atoms with Gasteiger partial charge in [0.2, 0.25) is 0 Å². The zero-order valence-electron chi connectivity index (χ0n) is 29.5. The van der Waals surface area contributed by atoms with Crippen LogP contribution in [0.3, 0.4) is 0 Å². The molecule has 52 heavy (non-hydrogen) atoms. The van der Waals surface area contributed by atoms with Gasteiger partial charge >= 0.3 is 0 Å². The topological polar surface area (TPSA) is 16.4 Å². The van der Waals surface area contributed by atoms with Crippen molar-refractivity contribution < 1.29 is 4.42 Å². The van der Waals surface area contributed by atoms with Crippen LogP contribution in [0.1, 0.15) is 31.1 Å². The number of hydrogen-bond acceptors (Lipinski definition) is 2. The maximum absolute atomic E-state index is 6.48. The van der Waals surface area contributed by atoms with E-state index in [1.54, 1.807) is 0 Å². The lowest BCUT2D eigenvalue weighted by atomic mass is 9.77. The second-order valence-electron chi connectivity index (χ2n) is 14.5. The largest absolute Gasteiger partial charge is 0.461 e. The van der Waals surface area contributed by atoms with Crippen molar-refractivity contribution in [2.24, 2.45) is 0 Å². The maximum Gasteiger partial charge on any atom is 0.136 e. The Morgan fingerprint density at radius 3 is 1.67 bits per heavy atom. The molecule has 1 heterocycles. The molecule has 248 valence electrons. The Hall–Kier alpha value is -6.38. The van der Waals surface area contributed by atoms with Crippen molar-refractivity contribution in [3.63, 3.8) is 0 Å². The highest BCUT2D eigenvalue weighted by molar-refractivity contribution is 6.13. The zero-order chi connectivity index (χ0) is 34.9. The molecule has 0 unspecified atom stereocenters. The number of hydrogen-bond donors (Lipinski definition) is 0. The minimum Gasteiger partial charge on any atom is -0.461 e. The lowest BCUT2D eigenvalue weighted by Crippen LogP contribution is -2.12. The first kappa shape index (κ1) is 30.4. The Morgan fingerprint density at radius 2 is 1.02 bits per heavy atom. The Balaban J connectivity index is 1.15. The smallest absolute Gasteiger partial charge is 0.136 e. The molecule has 0 fully saturated rings. The standard InChI is InChI=1S/C50H37NO/c1-31(2)49-30-47-48(52-49)23-22-42(34-12-8-5-9-13-34)50(47)51(40-19-14-32(3)15-20-40)41-21-18-37-27-44-43-26-36-17-16-35(33-10-6-4-7-11-33)24-38(36)28-45(43)46(44)29-39(37)25-41/h4-31H,1-3H3. The van der Waals surface area contributed by atoms with Crippen molar-refractivity contribution in [1.82, 2.24) is 0 Å². The van der Waals surface area contributed by atoms with Crippen molar-refractivity contribution in [2.75, 3.05) is 4.90 Å². The summed E-state index contributed by atoms with van der Waals surface area (Å²) in [6.45, 7) is 6.53. The molecule has 0 saturated carbocycles. The molecule has 0 atom stereocenters. The summed E-state index contributed by atoms with van der Waals surface area (Å²) in [4.78, 5) is 2.43. The fourth-order valence-corrected chi connectivity index (χ4v) is 7.95. The van der Waals surface area contributed by atoms with Crippen molar-refractivity contribution in [1.29, 1.82) is 0 Å². The van der Waals surface area contributed by atoms with E-state index < -0.39 is 0 Å². The molecule has 1 aliphatic rings. The molecule has 0 N–H and O–H groups in total. The van der Waals surface area contributed by atoms with E-state index in [4.69, 9.17) is 4.42 Å². The van der Waals surface area contributed by atoms with Crippen LogP contribution in [0.15, 0.2) is 168 Å². The van der Waals surface area contributed by atoms with Gasteiger partial charge in [0.1, 0.15) is 11.3 Å². The summed E-state index contributed by atoms with van der Waals surface area (Å²) in [5.74, 6) is 1.27. The highest BCUT2D eigenvalue weighted by Crippen LogP contribution is 2.52. The SMILES string of the molecule is Cc1ccc(N(c2ccc3cc4c(cc3c2)-c2cc3cc(-c5ccccc5)ccc3cc2-4)c2c(-c3ccccc3)ccc3oc(C(C)C)cc23)cc1. The fourth-order valence-electron chi connectivity index (χ4n) is 7.95. The normalized spacial score (nSPS) is 11.9. The van der Waals surface area contributed by atoms with Crippen LogP contribution in [-0.4, -0.2) is 0 Å². The Morgan fingerprint density at radius 1 is 0.442 bits per heavy atom. The first-order valence-corrected chi connectivity index (χ1v) is 18.2. The molecule has 0 aliphatic heterocycles. The van der Waals surface area contributed by atoms with E-state index in [-0.39, 0.29) is 5.92 Å². The number of anilines is 3. The summed E-state index contributed by atoms with van der Waals surface area (Å²) in [6, 6.07) is 60.1. The van der Waals surface area contributed by atoms with E-state index in [1.165, 1.54) is 66.1 Å². The highest BCUT2D eigenvalue weighted by Gasteiger charge is 2.26. The van der Waals surface area contributed by atoms with Gasteiger partial charge in [-0.3, -0.25) is 0 Å². The highest BCUT2D eigenvalue weighted by atomic mass is 16.3. The monoisotopic (exact) mass is 667 g/mol. The molecule has 0 bridgehead atoms. The van der Waals surface area contributed by atoms with Gasteiger partial charge < -0.3 is 9.32 Å². The van der Waals surface area contributed by atoms with Crippen LogP contribution in [-0.2, 0) is 0 Å². The first-order chi connectivity index (χ1) is 25.5. The summed E-state index contributed by atoms with van der Waals surface area (Å²) in [7, 11) is 0. The summed E-state index contributed by atoms with van der Waals surface area (Å²) in [5.41, 5.74) is 15.6. The molecule has 0 saturated heterocycles. The predicted octanol–water partition coefficient (Wildman–Crippen LogP) is 14.6. The molecule has 0 spiro atoms. The van der Waals surface area contributed by atoms with Crippen LogP contribution in [0.25, 0.3) is 77.0 Å². The predicted molar refractivity (Wildman–Crippen MR) is 220 cm³/mol. The van der Waals surface area contributed by atoms with E-state index in [1.807, 2.05) is 0 Å². The van der Waals surface area contributed by atoms with Crippen LogP contribution < -0.4 is 4.90 Å². The van der Waals surface area contributed by atoms with Gasteiger partial charge in [0, 0.05) is 28.2 Å². The average molecular weight is 668 g/mol. The Bertz CT molecular complexity index is 2810. The Kier molecular flexibility index (Phi) is 6.94. The molecule has 0 amide bonds. The van der Waals surface area contributed by atoms with Crippen LogP contribution in [0.5, 0.6) is 0 Å². The Labute approximate surface area is 304 Å². The molecule has 2 heteroatoms.